The summed E-state index contributed by atoms with van der Waals surface area (Å²) in [6.07, 6.45) is 0.632. The number of para-hydroxylation sites is 1. The highest BCUT2D eigenvalue weighted by molar-refractivity contribution is 6.20. The molecule has 0 unspecified atom stereocenters. The average molecular weight is 404 g/mol. The molecule has 2 atom stereocenters. The zero-order valence-corrected chi connectivity index (χ0v) is 16.5. The van der Waals surface area contributed by atoms with Gasteiger partial charge in [-0.3, -0.25) is 9.59 Å². The molecule has 0 bridgehead atoms. The van der Waals surface area contributed by atoms with Crippen LogP contribution in [0.2, 0.25) is 0 Å². The Labute approximate surface area is 168 Å². The van der Waals surface area contributed by atoms with Crippen molar-refractivity contribution in [1.29, 1.82) is 0 Å². The van der Waals surface area contributed by atoms with E-state index in [0.717, 1.165) is 0 Å². The van der Waals surface area contributed by atoms with E-state index in [4.69, 9.17) is 9.47 Å². The molecule has 1 aliphatic heterocycles. The van der Waals surface area contributed by atoms with Crippen LogP contribution in [0.25, 0.3) is 0 Å². The maximum absolute atomic E-state index is 12.3. The van der Waals surface area contributed by atoms with Crippen LogP contribution in [-0.2, 0) is 33.4 Å². The Morgan fingerprint density at radius 1 is 1.21 bits per heavy atom. The van der Waals surface area contributed by atoms with Gasteiger partial charge in [-0.2, -0.15) is 0 Å². The Balaban J connectivity index is 2.00. The summed E-state index contributed by atoms with van der Waals surface area (Å²) in [5.41, 5.74) is 0.322. The highest BCUT2D eigenvalue weighted by Gasteiger charge is 2.33. The number of benzene rings is 1. The van der Waals surface area contributed by atoms with Crippen molar-refractivity contribution in [3.63, 3.8) is 0 Å². The lowest BCUT2D eigenvalue weighted by Crippen LogP contribution is -2.47. The van der Waals surface area contributed by atoms with Crippen molar-refractivity contribution in [2.45, 2.75) is 26.3 Å². The highest BCUT2D eigenvalue weighted by atomic mass is 16.5. The molecular weight excluding hydrogens is 380 g/mol. The lowest BCUT2D eigenvalue weighted by Gasteiger charge is -2.21. The van der Waals surface area contributed by atoms with Gasteiger partial charge in [0.1, 0.15) is 6.04 Å². The third-order valence-corrected chi connectivity index (χ3v) is 4.41. The predicted molar refractivity (Wildman–Crippen MR) is 102 cm³/mol. The van der Waals surface area contributed by atoms with Crippen molar-refractivity contribution in [3.8, 4) is 0 Å². The van der Waals surface area contributed by atoms with Crippen LogP contribution in [0.15, 0.2) is 41.8 Å². The SMILES string of the molecule is CC[C@H](C)[C@H](NC(=O)COC(=O)C1=C(Nc2ccccc2)OCC1=O)C(=O)OC. The van der Waals surface area contributed by atoms with Crippen LogP contribution < -0.4 is 10.6 Å². The standard InChI is InChI=1S/C20H24N2O7/c1-4-12(2)17(20(26)27-3)22-15(24)11-29-19(25)16-14(23)10-28-18(16)21-13-8-6-5-7-9-13/h5-9,12,17,21H,4,10-11H2,1-3H3,(H,22,24)/t12-,17-/m0/s1. The number of amides is 1. The van der Waals surface area contributed by atoms with E-state index < -0.39 is 36.3 Å². The van der Waals surface area contributed by atoms with Gasteiger partial charge in [0.05, 0.1) is 7.11 Å². The van der Waals surface area contributed by atoms with Gasteiger partial charge in [0, 0.05) is 5.69 Å². The molecule has 9 nitrogen and oxygen atoms in total. The lowest BCUT2D eigenvalue weighted by molar-refractivity contribution is -0.149. The minimum absolute atomic E-state index is 0.0290. The molecular formula is C20H24N2O7. The number of Topliss-reactive ketones (excluding diaryl/α,β-unsaturated/α-hetero) is 1. The maximum atomic E-state index is 12.3. The highest BCUT2D eigenvalue weighted by Crippen LogP contribution is 2.20. The molecule has 1 amide bonds. The maximum Gasteiger partial charge on any atom is 0.347 e. The van der Waals surface area contributed by atoms with E-state index >= 15 is 0 Å². The molecule has 156 valence electrons. The van der Waals surface area contributed by atoms with Gasteiger partial charge in [-0.15, -0.1) is 0 Å². The lowest BCUT2D eigenvalue weighted by atomic mass is 9.99. The molecule has 1 aliphatic rings. The van der Waals surface area contributed by atoms with Crippen LogP contribution in [0.4, 0.5) is 5.69 Å². The monoisotopic (exact) mass is 404 g/mol. The van der Waals surface area contributed by atoms with Gasteiger partial charge in [-0.05, 0) is 18.1 Å². The molecule has 0 saturated heterocycles. The summed E-state index contributed by atoms with van der Waals surface area (Å²) in [4.78, 5) is 48.3. The zero-order valence-electron chi connectivity index (χ0n) is 16.5. The first-order valence-corrected chi connectivity index (χ1v) is 9.14. The Bertz CT molecular complexity index is 804. The number of ether oxygens (including phenoxy) is 3. The summed E-state index contributed by atoms with van der Waals surface area (Å²) in [5.74, 6) is -3.01. The third kappa shape index (κ3) is 5.81. The van der Waals surface area contributed by atoms with Gasteiger partial charge in [-0.1, -0.05) is 38.5 Å². The summed E-state index contributed by atoms with van der Waals surface area (Å²) >= 11 is 0. The Morgan fingerprint density at radius 3 is 2.52 bits per heavy atom. The minimum Gasteiger partial charge on any atom is -0.470 e. The average Bonchev–Trinajstić information content (AvgIpc) is 3.09. The van der Waals surface area contributed by atoms with Crippen LogP contribution in [0.3, 0.4) is 0 Å². The molecule has 1 aromatic rings. The first-order valence-electron chi connectivity index (χ1n) is 9.14. The number of hydrogen-bond donors (Lipinski definition) is 2. The van der Waals surface area contributed by atoms with Crippen LogP contribution >= 0.6 is 0 Å². The van der Waals surface area contributed by atoms with Gasteiger partial charge < -0.3 is 24.8 Å². The van der Waals surface area contributed by atoms with Crippen LogP contribution in [0.5, 0.6) is 0 Å². The second-order valence-corrected chi connectivity index (χ2v) is 6.44. The second-order valence-electron chi connectivity index (χ2n) is 6.44. The molecule has 0 spiro atoms. The molecule has 29 heavy (non-hydrogen) atoms. The molecule has 0 aromatic heterocycles. The number of carbonyl (C=O) groups excluding carboxylic acids is 4. The van der Waals surface area contributed by atoms with E-state index in [1.807, 2.05) is 13.0 Å². The molecule has 2 N–H and O–H groups in total. The van der Waals surface area contributed by atoms with Crippen molar-refractivity contribution < 1.29 is 33.4 Å². The summed E-state index contributed by atoms with van der Waals surface area (Å²) in [6.45, 7) is 2.70. The summed E-state index contributed by atoms with van der Waals surface area (Å²) in [5, 5.41) is 5.33. The van der Waals surface area contributed by atoms with Crippen molar-refractivity contribution in [3.05, 3.63) is 41.8 Å². The largest absolute Gasteiger partial charge is 0.470 e. The number of ketones is 1. The molecule has 0 saturated carbocycles. The summed E-state index contributed by atoms with van der Waals surface area (Å²) in [7, 11) is 1.23. The Hall–Kier alpha value is -3.36. The number of esters is 2. The number of rotatable bonds is 9. The van der Waals surface area contributed by atoms with Gasteiger partial charge in [-0.25, -0.2) is 9.59 Å². The predicted octanol–water partition coefficient (Wildman–Crippen LogP) is 1.16. The first kappa shape index (κ1) is 21.9. The van der Waals surface area contributed by atoms with Crippen molar-refractivity contribution in [1.82, 2.24) is 5.32 Å². The van der Waals surface area contributed by atoms with E-state index in [0.29, 0.717) is 12.1 Å². The van der Waals surface area contributed by atoms with Crippen LogP contribution in [0, 0.1) is 5.92 Å². The minimum atomic E-state index is -0.987. The summed E-state index contributed by atoms with van der Waals surface area (Å²) < 4.78 is 14.9. The number of nitrogens with one attached hydrogen (secondary N) is 2. The quantitative estimate of drug-likeness (QED) is 0.465. The third-order valence-electron chi connectivity index (χ3n) is 4.41. The van der Waals surface area contributed by atoms with Gasteiger partial charge in [0.25, 0.3) is 5.91 Å². The Kier molecular flexibility index (Phi) is 7.76. The topological polar surface area (TPSA) is 120 Å². The van der Waals surface area contributed by atoms with E-state index in [9.17, 15) is 19.2 Å². The molecule has 9 heteroatoms. The summed E-state index contributed by atoms with van der Waals surface area (Å²) in [6, 6.07) is 7.97. The van der Waals surface area contributed by atoms with Crippen molar-refractivity contribution >= 4 is 29.3 Å². The number of hydrogen-bond acceptors (Lipinski definition) is 8. The van der Waals surface area contributed by atoms with Gasteiger partial charge >= 0.3 is 11.9 Å². The van der Waals surface area contributed by atoms with E-state index in [2.05, 4.69) is 15.4 Å². The van der Waals surface area contributed by atoms with Crippen molar-refractivity contribution in [2.24, 2.45) is 5.92 Å². The van der Waals surface area contributed by atoms with Gasteiger partial charge in [0.15, 0.2) is 18.8 Å². The van der Waals surface area contributed by atoms with Crippen LogP contribution in [-0.4, -0.2) is 50.0 Å². The number of carbonyl (C=O) groups is 4. The van der Waals surface area contributed by atoms with Gasteiger partial charge in [0.2, 0.25) is 11.7 Å². The zero-order chi connectivity index (χ0) is 21.4. The molecule has 2 rings (SSSR count). The van der Waals surface area contributed by atoms with E-state index in [1.165, 1.54) is 7.11 Å². The number of methoxy groups -OCH3 is 1. The van der Waals surface area contributed by atoms with E-state index in [1.54, 1.807) is 31.2 Å². The molecule has 1 aromatic carbocycles. The smallest absolute Gasteiger partial charge is 0.347 e. The Morgan fingerprint density at radius 2 is 1.90 bits per heavy atom. The van der Waals surface area contributed by atoms with Crippen LogP contribution in [0.1, 0.15) is 20.3 Å². The normalized spacial score (nSPS) is 15.2. The molecule has 0 radical (unpaired) electrons. The molecule has 0 aliphatic carbocycles. The fourth-order valence-corrected chi connectivity index (χ4v) is 2.58. The number of anilines is 1. The fraction of sp³-hybridized carbons (Fsp3) is 0.400. The molecule has 1 heterocycles. The first-order chi connectivity index (χ1) is 13.9. The fourth-order valence-electron chi connectivity index (χ4n) is 2.58. The van der Waals surface area contributed by atoms with E-state index in [-0.39, 0.29) is 24.0 Å². The van der Waals surface area contributed by atoms with Crippen molar-refractivity contribution in [2.75, 3.05) is 25.6 Å². The molecule has 0 fully saturated rings. The second kappa shape index (κ2) is 10.3.